The van der Waals surface area contributed by atoms with E-state index in [0.29, 0.717) is 11.7 Å². The second-order valence-corrected chi connectivity index (χ2v) is 14.4. The van der Waals surface area contributed by atoms with Gasteiger partial charge in [0, 0.05) is 12.3 Å². The molecule has 3 atom stereocenters. The lowest BCUT2D eigenvalue weighted by Gasteiger charge is -2.40. The zero-order valence-corrected chi connectivity index (χ0v) is 18.0. The van der Waals surface area contributed by atoms with Crippen molar-refractivity contribution in [3.63, 3.8) is 0 Å². The predicted octanol–water partition coefficient (Wildman–Crippen LogP) is 6.13. The van der Waals surface area contributed by atoms with E-state index in [0.717, 1.165) is 25.7 Å². The summed E-state index contributed by atoms with van der Waals surface area (Å²) in [5, 5.41) is 0. The summed E-state index contributed by atoms with van der Waals surface area (Å²) in [6.45, 7) is 16.0. The van der Waals surface area contributed by atoms with Gasteiger partial charge in [0.15, 0.2) is 8.32 Å². The number of ketones is 1. The van der Waals surface area contributed by atoms with E-state index in [9.17, 15) is 4.79 Å². The molecule has 0 amide bonds. The van der Waals surface area contributed by atoms with Gasteiger partial charge in [-0.1, -0.05) is 31.9 Å². The molecule has 0 bridgehead atoms. The Morgan fingerprint density at radius 1 is 1.38 bits per heavy atom. The van der Waals surface area contributed by atoms with Crippen LogP contribution in [0.15, 0.2) is 11.6 Å². The molecular weight excluding hydrogens is 312 g/mol. The van der Waals surface area contributed by atoms with Gasteiger partial charge in [0.2, 0.25) is 0 Å². The van der Waals surface area contributed by atoms with Crippen molar-refractivity contribution in [1.82, 2.24) is 0 Å². The number of carbonyl (C=O) groups is 1. The molecule has 1 fully saturated rings. The van der Waals surface area contributed by atoms with Crippen LogP contribution in [0.4, 0.5) is 0 Å². The normalized spacial score (nSPS) is 29.4. The molecule has 0 aromatic carbocycles. The number of carbonyl (C=O) groups excluding carboxylic acids is 1. The largest absolute Gasteiger partial charge is 0.413 e. The van der Waals surface area contributed by atoms with Gasteiger partial charge in [-0.05, 0) is 76.9 Å². The highest BCUT2D eigenvalue weighted by Crippen LogP contribution is 2.53. The second kappa shape index (κ2) is 7.07. The molecule has 138 valence electrons. The van der Waals surface area contributed by atoms with Gasteiger partial charge in [-0.2, -0.15) is 0 Å². The zero-order chi connectivity index (χ0) is 18.2. The molecule has 0 heterocycles. The van der Waals surface area contributed by atoms with Crippen molar-refractivity contribution >= 4 is 14.1 Å². The van der Waals surface area contributed by atoms with Crippen LogP contribution in [-0.2, 0) is 9.22 Å². The van der Waals surface area contributed by atoms with E-state index >= 15 is 0 Å². The van der Waals surface area contributed by atoms with Gasteiger partial charge < -0.3 is 4.43 Å². The number of hydrogen-bond acceptors (Lipinski definition) is 2. The van der Waals surface area contributed by atoms with E-state index in [1.54, 1.807) is 5.57 Å². The third-order valence-corrected chi connectivity index (χ3v) is 7.20. The minimum absolute atomic E-state index is 0.0124. The summed E-state index contributed by atoms with van der Waals surface area (Å²) in [5.74, 6) is 1.37. The van der Waals surface area contributed by atoms with E-state index < -0.39 is 8.32 Å². The highest BCUT2D eigenvalue weighted by atomic mass is 28.4. The standard InChI is InChI=1S/C21H38O2Si/c1-16(10-8-14-20(2,3)23-24(5,6)7)17-12-13-18-19(22)11-9-15-21(17,18)4/h12,16,18H,8-11,13-15H2,1-7H3/t16-,18-,21+/m0/s1. The van der Waals surface area contributed by atoms with Crippen LogP contribution in [0, 0.1) is 17.3 Å². The van der Waals surface area contributed by atoms with Crippen LogP contribution >= 0.6 is 0 Å². The van der Waals surface area contributed by atoms with E-state index in [2.05, 4.69) is 53.4 Å². The molecule has 2 aliphatic rings. The van der Waals surface area contributed by atoms with Crippen LogP contribution in [0.25, 0.3) is 0 Å². The van der Waals surface area contributed by atoms with Crippen molar-refractivity contribution in [1.29, 1.82) is 0 Å². The summed E-state index contributed by atoms with van der Waals surface area (Å²) in [5.41, 5.74) is 1.71. The van der Waals surface area contributed by atoms with Gasteiger partial charge in [-0.15, -0.1) is 0 Å². The summed E-state index contributed by atoms with van der Waals surface area (Å²) in [4.78, 5) is 12.3. The molecule has 0 radical (unpaired) electrons. The van der Waals surface area contributed by atoms with Gasteiger partial charge >= 0.3 is 0 Å². The lowest BCUT2D eigenvalue weighted by molar-refractivity contribution is -0.128. The van der Waals surface area contributed by atoms with Gasteiger partial charge in [0.05, 0.1) is 5.60 Å². The lowest BCUT2D eigenvalue weighted by Crippen LogP contribution is -2.38. The van der Waals surface area contributed by atoms with Crippen molar-refractivity contribution in [3.05, 3.63) is 11.6 Å². The number of hydrogen-bond donors (Lipinski definition) is 0. The maximum atomic E-state index is 12.3. The number of rotatable bonds is 7. The second-order valence-electron chi connectivity index (χ2n) is 9.95. The van der Waals surface area contributed by atoms with Crippen LogP contribution in [0.1, 0.15) is 72.6 Å². The van der Waals surface area contributed by atoms with Crippen molar-refractivity contribution < 1.29 is 9.22 Å². The van der Waals surface area contributed by atoms with Crippen molar-refractivity contribution in [2.45, 2.75) is 97.9 Å². The van der Waals surface area contributed by atoms with Gasteiger partial charge in [0.25, 0.3) is 0 Å². The monoisotopic (exact) mass is 350 g/mol. The highest BCUT2D eigenvalue weighted by molar-refractivity contribution is 6.69. The molecule has 3 heteroatoms. The van der Waals surface area contributed by atoms with Gasteiger partial charge in [-0.3, -0.25) is 4.79 Å². The fourth-order valence-corrected chi connectivity index (χ4v) is 6.94. The minimum Gasteiger partial charge on any atom is -0.413 e. The third-order valence-electron chi connectivity index (χ3n) is 6.04. The van der Waals surface area contributed by atoms with E-state index in [4.69, 9.17) is 4.43 Å². The fourth-order valence-electron chi connectivity index (χ4n) is 5.18. The number of allylic oxidation sites excluding steroid dienone is 2. The topological polar surface area (TPSA) is 26.3 Å². The Bertz CT molecular complexity index is 500. The van der Waals surface area contributed by atoms with Crippen LogP contribution in [0.3, 0.4) is 0 Å². The van der Waals surface area contributed by atoms with Crippen LogP contribution in [0.5, 0.6) is 0 Å². The quantitative estimate of drug-likeness (QED) is 0.408. The predicted molar refractivity (Wildman–Crippen MR) is 105 cm³/mol. The average Bonchev–Trinajstić information content (AvgIpc) is 2.74. The summed E-state index contributed by atoms with van der Waals surface area (Å²) < 4.78 is 6.33. The Balaban J connectivity index is 1.89. The first-order chi connectivity index (χ1) is 10.9. The Morgan fingerprint density at radius 3 is 2.67 bits per heavy atom. The molecule has 2 aliphatic carbocycles. The van der Waals surface area contributed by atoms with E-state index in [-0.39, 0.29) is 16.9 Å². The number of Topliss-reactive ketones (excluding diaryl/α,β-unsaturated/α-hetero) is 1. The average molecular weight is 351 g/mol. The fraction of sp³-hybridized carbons (Fsp3) is 0.857. The first-order valence-electron chi connectivity index (χ1n) is 9.88. The number of fused-ring (bicyclic) bond motifs is 1. The molecule has 0 aliphatic heterocycles. The molecule has 0 aromatic rings. The highest BCUT2D eigenvalue weighted by Gasteiger charge is 2.47. The Hall–Kier alpha value is -0.413. The molecule has 24 heavy (non-hydrogen) atoms. The lowest BCUT2D eigenvalue weighted by atomic mass is 9.63. The molecule has 1 saturated carbocycles. The summed E-state index contributed by atoms with van der Waals surface area (Å²) in [7, 11) is -1.49. The maximum Gasteiger partial charge on any atom is 0.184 e. The molecule has 0 aromatic heterocycles. The molecular formula is C21H38O2Si. The molecule has 0 unspecified atom stereocenters. The first kappa shape index (κ1) is 19.9. The minimum atomic E-state index is -1.49. The summed E-state index contributed by atoms with van der Waals surface area (Å²) >= 11 is 0. The Morgan fingerprint density at radius 2 is 2.04 bits per heavy atom. The van der Waals surface area contributed by atoms with E-state index in [1.165, 1.54) is 19.3 Å². The first-order valence-corrected chi connectivity index (χ1v) is 13.3. The van der Waals surface area contributed by atoms with Crippen molar-refractivity contribution in [2.75, 3.05) is 0 Å². The molecule has 0 saturated heterocycles. The smallest absolute Gasteiger partial charge is 0.184 e. The van der Waals surface area contributed by atoms with Gasteiger partial charge in [-0.25, -0.2) is 0 Å². The SMILES string of the molecule is C[C@@H](CCCC(C)(C)O[Si](C)(C)C)C1=CC[C@H]2C(=O)CCC[C@]12C. The summed E-state index contributed by atoms with van der Waals surface area (Å²) in [6.07, 6.45) is 10.00. The molecule has 0 N–H and O–H groups in total. The molecule has 0 spiro atoms. The van der Waals surface area contributed by atoms with Crippen molar-refractivity contribution in [2.24, 2.45) is 17.3 Å². The Labute approximate surface area is 150 Å². The molecule has 2 rings (SSSR count). The van der Waals surface area contributed by atoms with Gasteiger partial charge in [0.1, 0.15) is 5.78 Å². The van der Waals surface area contributed by atoms with Crippen LogP contribution in [-0.4, -0.2) is 19.7 Å². The third kappa shape index (κ3) is 4.60. The van der Waals surface area contributed by atoms with E-state index in [1.807, 2.05) is 0 Å². The Kier molecular flexibility index (Phi) is 5.86. The summed E-state index contributed by atoms with van der Waals surface area (Å²) in [6, 6.07) is 0. The van der Waals surface area contributed by atoms with Crippen molar-refractivity contribution in [3.8, 4) is 0 Å². The molecule has 2 nitrogen and oxygen atoms in total. The van der Waals surface area contributed by atoms with Crippen LogP contribution < -0.4 is 0 Å². The maximum absolute atomic E-state index is 12.3. The van der Waals surface area contributed by atoms with Crippen LogP contribution in [0.2, 0.25) is 19.6 Å². The zero-order valence-electron chi connectivity index (χ0n) is 17.0.